The Bertz CT molecular complexity index is 389. The van der Waals surface area contributed by atoms with E-state index < -0.39 is 0 Å². The van der Waals surface area contributed by atoms with Crippen LogP contribution in [0.2, 0.25) is 0 Å². The fourth-order valence-electron chi connectivity index (χ4n) is 1.58. The van der Waals surface area contributed by atoms with E-state index in [1.54, 1.807) is 12.5 Å². The fourth-order valence-corrected chi connectivity index (χ4v) is 1.58. The third-order valence-electron chi connectivity index (χ3n) is 2.57. The van der Waals surface area contributed by atoms with Crippen LogP contribution in [-0.4, -0.2) is 39.9 Å². The average Bonchev–Trinajstić information content (AvgIpc) is 2.87. The maximum absolute atomic E-state index is 10.5. The van der Waals surface area contributed by atoms with E-state index in [4.69, 9.17) is 0 Å². The van der Waals surface area contributed by atoms with E-state index in [0.717, 1.165) is 32.4 Å². The van der Waals surface area contributed by atoms with Crippen molar-refractivity contribution in [1.82, 2.24) is 14.9 Å². The van der Waals surface area contributed by atoms with Crippen molar-refractivity contribution in [2.24, 2.45) is 4.99 Å². The van der Waals surface area contributed by atoms with Gasteiger partial charge in [0, 0.05) is 37.0 Å². The molecule has 1 rings (SSSR count). The number of hydrogen-bond acceptors (Lipinski definition) is 4. The summed E-state index contributed by atoms with van der Waals surface area (Å²) in [5, 5.41) is 13.6. The number of amidine groups is 1. The van der Waals surface area contributed by atoms with Gasteiger partial charge >= 0.3 is 0 Å². The standard InChI is InChI=1S/C12H21N5O2/c1-2-3-5-14-12(10-17(18)19)15-6-4-8-16-9-7-13-11-16/h7,9,11H,2-6,8,10H2,1H3,(H,14,15). The summed E-state index contributed by atoms with van der Waals surface area (Å²) in [6, 6.07) is 0. The van der Waals surface area contributed by atoms with E-state index in [0.29, 0.717) is 12.4 Å². The Balaban J connectivity index is 2.31. The van der Waals surface area contributed by atoms with Crippen LogP contribution in [0.3, 0.4) is 0 Å². The van der Waals surface area contributed by atoms with Gasteiger partial charge in [0.1, 0.15) is 0 Å². The Labute approximate surface area is 112 Å². The first-order chi connectivity index (χ1) is 9.22. The zero-order valence-electron chi connectivity index (χ0n) is 11.3. The van der Waals surface area contributed by atoms with E-state index in [2.05, 4.69) is 22.2 Å². The van der Waals surface area contributed by atoms with Gasteiger partial charge in [0.2, 0.25) is 0 Å². The molecule has 0 aliphatic heterocycles. The first-order valence-corrected chi connectivity index (χ1v) is 6.57. The first kappa shape index (κ1) is 15.1. The molecule has 1 aromatic rings. The minimum atomic E-state index is -0.354. The maximum atomic E-state index is 10.5. The van der Waals surface area contributed by atoms with Gasteiger partial charge in [-0.05, 0) is 12.8 Å². The van der Waals surface area contributed by atoms with Crippen molar-refractivity contribution in [2.45, 2.75) is 32.7 Å². The second kappa shape index (κ2) is 9.07. The van der Waals surface area contributed by atoms with Crippen molar-refractivity contribution in [1.29, 1.82) is 0 Å². The summed E-state index contributed by atoms with van der Waals surface area (Å²) in [5.41, 5.74) is 0. The number of nitrogens with one attached hydrogen (secondary N) is 1. The molecule has 106 valence electrons. The lowest BCUT2D eigenvalue weighted by atomic mass is 10.3. The largest absolute Gasteiger partial charge is 0.368 e. The van der Waals surface area contributed by atoms with Gasteiger partial charge in [-0.3, -0.25) is 15.1 Å². The summed E-state index contributed by atoms with van der Waals surface area (Å²) in [7, 11) is 0. The van der Waals surface area contributed by atoms with Gasteiger partial charge in [0.15, 0.2) is 5.84 Å². The summed E-state index contributed by atoms with van der Waals surface area (Å²) in [4.78, 5) is 18.4. The summed E-state index contributed by atoms with van der Waals surface area (Å²) in [6.45, 7) is 4.00. The third-order valence-corrected chi connectivity index (χ3v) is 2.57. The van der Waals surface area contributed by atoms with E-state index in [9.17, 15) is 10.1 Å². The Morgan fingerprint density at radius 1 is 1.53 bits per heavy atom. The molecule has 7 heteroatoms. The molecule has 1 aromatic heterocycles. The highest BCUT2D eigenvalue weighted by Gasteiger charge is 2.05. The zero-order valence-corrected chi connectivity index (χ0v) is 11.3. The molecule has 7 nitrogen and oxygen atoms in total. The predicted molar refractivity (Wildman–Crippen MR) is 73.9 cm³/mol. The molecule has 0 aliphatic carbocycles. The van der Waals surface area contributed by atoms with Gasteiger partial charge in [-0.1, -0.05) is 13.3 Å². The van der Waals surface area contributed by atoms with Crippen LogP contribution in [-0.2, 0) is 6.54 Å². The number of unbranched alkanes of at least 4 members (excludes halogenated alkanes) is 1. The van der Waals surface area contributed by atoms with Crippen molar-refractivity contribution < 1.29 is 4.92 Å². The van der Waals surface area contributed by atoms with Crippen molar-refractivity contribution >= 4 is 5.84 Å². The van der Waals surface area contributed by atoms with Gasteiger partial charge in [-0.2, -0.15) is 0 Å². The second-order valence-electron chi connectivity index (χ2n) is 4.25. The second-order valence-corrected chi connectivity index (χ2v) is 4.25. The van der Waals surface area contributed by atoms with Crippen LogP contribution in [0.25, 0.3) is 0 Å². The predicted octanol–water partition coefficient (Wildman–Crippen LogP) is 1.34. The van der Waals surface area contributed by atoms with Crippen molar-refractivity contribution in [2.75, 3.05) is 19.6 Å². The van der Waals surface area contributed by atoms with Crippen LogP contribution in [0, 0.1) is 10.1 Å². The number of aromatic nitrogens is 2. The third kappa shape index (κ3) is 7.17. The van der Waals surface area contributed by atoms with E-state index in [1.807, 2.05) is 10.8 Å². The fraction of sp³-hybridized carbons (Fsp3) is 0.667. The number of rotatable bonds is 9. The lowest BCUT2D eigenvalue weighted by Gasteiger charge is -2.06. The van der Waals surface area contributed by atoms with Crippen LogP contribution in [0.1, 0.15) is 26.2 Å². The molecule has 19 heavy (non-hydrogen) atoms. The normalized spacial score (nSPS) is 11.5. The van der Waals surface area contributed by atoms with Crippen LogP contribution in [0.15, 0.2) is 23.7 Å². The monoisotopic (exact) mass is 267 g/mol. The summed E-state index contributed by atoms with van der Waals surface area (Å²) in [6.07, 6.45) is 8.26. The average molecular weight is 267 g/mol. The zero-order chi connectivity index (χ0) is 13.9. The highest BCUT2D eigenvalue weighted by atomic mass is 16.6. The molecule has 0 saturated heterocycles. The van der Waals surface area contributed by atoms with Crippen molar-refractivity contribution in [3.05, 3.63) is 28.8 Å². The molecule has 0 saturated carbocycles. The SMILES string of the molecule is CCCCNC(C[N+](=O)[O-])=NCCCn1ccnc1. The number of hydrogen-bond donors (Lipinski definition) is 1. The van der Waals surface area contributed by atoms with E-state index in [-0.39, 0.29) is 11.5 Å². The number of aliphatic imine (C=N–C) groups is 1. The molecule has 0 aromatic carbocycles. The lowest BCUT2D eigenvalue weighted by molar-refractivity contribution is -0.463. The lowest BCUT2D eigenvalue weighted by Crippen LogP contribution is -2.31. The van der Waals surface area contributed by atoms with Gasteiger partial charge in [0.05, 0.1) is 6.33 Å². The molecule has 1 N–H and O–H groups in total. The summed E-state index contributed by atoms with van der Waals surface area (Å²) < 4.78 is 1.97. The highest BCUT2D eigenvalue weighted by molar-refractivity contribution is 5.83. The van der Waals surface area contributed by atoms with Crippen molar-refractivity contribution in [3.63, 3.8) is 0 Å². The minimum absolute atomic E-state index is 0.227. The maximum Gasteiger partial charge on any atom is 0.259 e. The molecule has 0 radical (unpaired) electrons. The number of nitro groups is 1. The molecule has 0 amide bonds. The smallest absolute Gasteiger partial charge is 0.259 e. The van der Waals surface area contributed by atoms with Gasteiger partial charge in [0.25, 0.3) is 6.54 Å². The van der Waals surface area contributed by atoms with Crippen LogP contribution >= 0.6 is 0 Å². The van der Waals surface area contributed by atoms with Crippen molar-refractivity contribution in [3.8, 4) is 0 Å². The highest BCUT2D eigenvalue weighted by Crippen LogP contribution is 1.92. The Morgan fingerprint density at radius 3 is 3.00 bits per heavy atom. The summed E-state index contributed by atoms with van der Waals surface area (Å²) in [5.74, 6) is 0.476. The Kier molecular flexibility index (Phi) is 7.23. The molecule has 0 atom stereocenters. The Morgan fingerprint density at radius 2 is 2.37 bits per heavy atom. The molecular weight excluding hydrogens is 246 g/mol. The van der Waals surface area contributed by atoms with E-state index in [1.165, 1.54) is 0 Å². The molecule has 0 unspecified atom stereocenters. The molecular formula is C12H21N5O2. The van der Waals surface area contributed by atoms with Gasteiger partial charge in [-0.15, -0.1) is 0 Å². The minimum Gasteiger partial charge on any atom is -0.368 e. The molecule has 0 bridgehead atoms. The van der Waals surface area contributed by atoms with Gasteiger partial charge in [-0.25, -0.2) is 4.98 Å². The molecule has 0 aliphatic rings. The number of aryl methyl sites for hydroxylation is 1. The molecule has 0 spiro atoms. The molecule has 0 fully saturated rings. The summed E-state index contributed by atoms with van der Waals surface area (Å²) >= 11 is 0. The molecule has 1 heterocycles. The van der Waals surface area contributed by atoms with E-state index >= 15 is 0 Å². The first-order valence-electron chi connectivity index (χ1n) is 6.57. The van der Waals surface area contributed by atoms with Crippen LogP contribution in [0.5, 0.6) is 0 Å². The van der Waals surface area contributed by atoms with Crippen LogP contribution in [0.4, 0.5) is 0 Å². The quantitative estimate of drug-likeness (QED) is 0.240. The topological polar surface area (TPSA) is 85.4 Å². The van der Waals surface area contributed by atoms with Gasteiger partial charge < -0.3 is 9.88 Å². The Hall–Kier alpha value is -1.92. The van der Waals surface area contributed by atoms with Crippen LogP contribution < -0.4 is 5.32 Å². The number of nitrogens with zero attached hydrogens (tertiary/aromatic N) is 4. The number of imidazole rings is 1.